The van der Waals surface area contributed by atoms with E-state index >= 15 is 0 Å². The quantitative estimate of drug-likeness (QED) is 0.792. The Labute approximate surface area is 111 Å². The molecule has 1 aromatic carbocycles. The van der Waals surface area contributed by atoms with Crippen LogP contribution in [0.5, 0.6) is 0 Å². The molecule has 1 aliphatic carbocycles. The third kappa shape index (κ3) is 3.74. The molecule has 4 nitrogen and oxygen atoms in total. The van der Waals surface area contributed by atoms with Gasteiger partial charge in [-0.2, -0.15) is 0 Å². The Bertz CT molecular complexity index is 441. The predicted octanol–water partition coefficient (Wildman–Crippen LogP) is 1.43. The van der Waals surface area contributed by atoms with Crippen LogP contribution < -0.4 is 10.6 Å². The summed E-state index contributed by atoms with van der Waals surface area (Å²) >= 11 is 5.66. The van der Waals surface area contributed by atoms with Gasteiger partial charge in [0.2, 0.25) is 5.91 Å². The number of rotatable bonds is 5. The van der Waals surface area contributed by atoms with Gasteiger partial charge in [0.25, 0.3) is 5.91 Å². The van der Waals surface area contributed by atoms with Gasteiger partial charge in [-0.15, -0.1) is 11.6 Å². The maximum absolute atomic E-state index is 11.7. The molecule has 2 amide bonds. The number of hydrogen-bond donors (Lipinski definition) is 2. The lowest BCUT2D eigenvalue weighted by Crippen LogP contribution is -2.37. The number of halogens is 1. The average molecular weight is 267 g/mol. The molecule has 0 saturated heterocycles. The van der Waals surface area contributed by atoms with Crippen molar-refractivity contribution in [2.24, 2.45) is 0 Å². The highest BCUT2D eigenvalue weighted by Gasteiger charge is 2.23. The van der Waals surface area contributed by atoms with E-state index in [9.17, 15) is 9.59 Å². The SMILES string of the molecule is O=C(CNC(=O)c1ccc(CCl)cc1)NC1CC1. The first kappa shape index (κ1) is 12.9. The minimum atomic E-state index is -0.248. The highest BCUT2D eigenvalue weighted by atomic mass is 35.5. The van der Waals surface area contributed by atoms with Crippen LogP contribution in [-0.4, -0.2) is 24.4 Å². The zero-order valence-corrected chi connectivity index (χ0v) is 10.7. The zero-order valence-electron chi connectivity index (χ0n) is 9.91. The second-order valence-corrected chi connectivity index (χ2v) is 4.62. The van der Waals surface area contributed by atoms with Crippen molar-refractivity contribution in [3.63, 3.8) is 0 Å². The Morgan fingerprint density at radius 2 is 1.89 bits per heavy atom. The van der Waals surface area contributed by atoms with Crippen molar-refractivity contribution in [3.05, 3.63) is 35.4 Å². The molecule has 2 rings (SSSR count). The van der Waals surface area contributed by atoms with Crippen molar-refractivity contribution in [1.29, 1.82) is 0 Å². The number of alkyl halides is 1. The fraction of sp³-hybridized carbons (Fsp3) is 0.385. The number of hydrogen-bond acceptors (Lipinski definition) is 2. The van der Waals surface area contributed by atoms with Gasteiger partial charge in [-0.1, -0.05) is 12.1 Å². The van der Waals surface area contributed by atoms with Crippen LogP contribution in [0.15, 0.2) is 24.3 Å². The summed E-state index contributed by atoms with van der Waals surface area (Å²) in [5.41, 5.74) is 1.49. The van der Waals surface area contributed by atoms with E-state index in [4.69, 9.17) is 11.6 Å². The van der Waals surface area contributed by atoms with Gasteiger partial charge in [-0.05, 0) is 30.5 Å². The summed E-state index contributed by atoms with van der Waals surface area (Å²) in [7, 11) is 0. The molecule has 0 atom stereocenters. The van der Waals surface area contributed by atoms with Crippen LogP contribution in [0.3, 0.4) is 0 Å². The van der Waals surface area contributed by atoms with Crippen LogP contribution in [0.25, 0.3) is 0 Å². The van der Waals surface area contributed by atoms with Gasteiger partial charge < -0.3 is 10.6 Å². The first-order chi connectivity index (χ1) is 8.69. The van der Waals surface area contributed by atoms with Gasteiger partial charge in [0, 0.05) is 17.5 Å². The highest BCUT2D eigenvalue weighted by Crippen LogP contribution is 2.18. The van der Waals surface area contributed by atoms with E-state index in [2.05, 4.69) is 10.6 Å². The van der Waals surface area contributed by atoms with Crippen LogP contribution in [0.1, 0.15) is 28.8 Å². The third-order valence-electron chi connectivity index (χ3n) is 2.72. The molecule has 5 heteroatoms. The van der Waals surface area contributed by atoms with Crippen LogP contribution in [-0.2, 0) is 10.7 Å². The minimum absolute atomic E-state index is 0.0204. The van der Waals surface area contributed by atoms with Gasteiger partial charge in [0.15, 0.2) is 0 Å². The summed E-state index contributed by atoms with van der Waals surface area (Å²) in [5, 5.41) is 5.39. The van der Waals surface area contributed by atoms with E-state index in [1.807, 2.05) is 0 Å². The van der Waals surface area contributed by atoms with Crippen LogP contribution in [0.2, 0.25) is 0 Å². The maximum atomic E-state index is 11.7. The van der Waals surface area contributed by atoms with E-state index in [1.165, 1.54) is 0 Å². The monoisotopic (exact) mass is 266 g/mol. The molecule has 0 bridgehead atoms. The summed E-state index contributed by atoms with van der Waals surface area (Å²) in [6.45, 7) is 0.0204. The molecular formula is C13H15ClN2O2. The lowest BCUT2D eigenvalue weighted by Gasteiger charge is -2.06. The van der Waals surface area contributed by atoms with E-state index in [0.717, 1.165) is 18.4 Å². The Morgan fingerprint density at radius 3 is 2.44 bits per heavy atom. The zero-order chi connectivity index (χ0) is 13.0. The molecule has 0 unspecified atom stereocenters. The normalized spacial score (nSPS) is 14.1. The second-order valence-electron chi connectivity index (χ2n) is 4.36. The predicted molar refractivity (Wildman–Crippen MR) is 69.5 cm³/mol. The first-order valence-electron chi connectivity index (χ1n) is 5.91. The lowest BCUT2D eigenvalue weighted by atomic mass is 10.1. The van der Waals surface area contributed by atoms with Gasteiger partial charge in [-0.3, -0.25) is 9.59 Å². The molecular weight excluding hydrogens is 252 g/mol. The summed E-state index contributed by atoms with van der Waals surface area (Å²) in [5.74, 6) is 0.0383. The molecule has 1 aromatic rings. The van der Waals surface area contributed by atoms with Crippen molar-refractivity contribution >= 4 is 23.4 Å². The molecule has 0 heterocycles. The topological polar surface area (TPSA) is 58.2 Å². The molecule has 1 fully saturated rings. The number of carbonyl (C=O) groups is 2. The number of benzene rings is 1. The summed E-state index contributed by atoms with van der Waals surface area (Å²) < 4.78 is 0. The number of amides is 2. The largest absolute Gasteiger partial charge is 0.352 e. The molecule has 0 aromatic heterocycles. The second kappa shape index (κ2) is 5.87. The molecule has 2 N–H and O–H groups in total. The molecule has 18 heavy (non-hydrogen) atoms. The molecule has 1 aliphatic rings. The van der Waals surface area contributed by atoms with Crippen molar-refractivity contribution in [1.82, 2.24) is 10.6 Å². The lowest BCUT2D eigenvalue weighted by molar-refractivity contribution is -0.120. The summed E-state index contributed by atoms with van der Waals surface area (Å²) in [6.07, 6.45) is 2.08. The van der Waals surface area contributed by atoms with E-state index < -0.39 is 0 Å². The molecule has 0 spiro atoms. The van der Waals surface area contributed by atoms with E-state index in [0.29, 0.717) is 17.5 Å². The average Bonchev–Trinajstić information content (AvgIpc) is 3.20. The number of nitrogens with one attached hydrogen (secondary N) is 2. The van der Waals surface area contributed by atoms with Gasteiger partial charge >= 0.3 is 0 Å². The van der Waals surface area contributed by atoms with Gasteiger partial charge in [0.1, 0.15) is 0 Å². The highest BCUT2D eigenvalue weighted by molar-refractivity contribution is 6.17. The molecule has 96 valence electrons. The van der Waals surface area contributed by atoms with E-state index in [-0.39, 0.29) is 18.4 Å². The third-order valence-corrected chi connectivity index (χ3v) is 3.03. The standard InChI is InChI=1S/C13H15ClN2O2/c14-7-9-1-3-10(4-2-9)13(18)15-8-12(17)16-11-5-6-11/h1-4,11H,5-8H2,(H,15,18)(H,16,17). The van der Waals surface area contributed by atoms with Crippen molar-refractivity contribution < 1.29 is 9.59 Å². The Kier molecular flexibility index (Phi) is 4.20. The Balaban J connectivity index is 1.80. The Hall–Kier alpha value is -1.55. The number of carbonyl (C=O) groups excluding carboxylic acids is 2. The van der Waals surface area contributed by atoms with Crippen LogP contribution in [0.4, 0.5) is 0 Å². The van der Waals surface area contributed by atoms with Crippen molar-refractivity contribution in [3.8, 4) is 0 Å². The molecule has 0 radical (unpaired) electrons. The van der Waals surface area contributed by atoms with E-state index in [1.54, 1.807) is 24.3 Å². The van der Waals surface area contributed by atoms with Crippen LogP contribution >= 0.6 is 11.6 Å². The fourth-order valence-electron chi connectivity index (χ4n) is 1.51. The summed E-state index contributed by atoms with van der Waals surface area (Å²) in [6, 6.07) is 7.31. The smallest absolute Gasteiger partial charge is 0.251 e. The van der Waals surface area contributed by atoms with Crippen molar-refractivity contribution in [2.45, 2.75) is 24.8 Å². The van der Waals surface area contributed by atoms with Gasteiger partial charge in [-0.25, -0.2) is 0 Å². The van der Waals surface area contributed by atoms with Crippen molar-refractivity contribution in [2.75, 3.05) is 6.54 Å². The first-order valence-corrected chi connectivity index (χ1v) is 6.45. The minimum Gasteiger partial charge on any atom is -0.352 e. The van der Waals surface area contributed by atoms with Gasteiger partial charge in [0.05, 0.1) is 6.54 Å². The summed E-state index contributed by atoms with van der Waals surface area (Å²) in [4.78, 5) is 23.1. The molecule has 0 aliphatic heterocycles. The maximum Gasteiger partial charge on any atom is 0.251 e. The Morgan fingerprint density at radius 1 is 1.22 bits per heavy atom. The molecule has 1 saturated carbocycles. The fourth-order valence-corrected chi connectivity index (χ4v) is 1.69. The van der Waals surface area contributed by atoms with Crippen LogP contribution in [0, 0.1) is 0 Å².